The average Bonchev–Trinajstić information content (AvgIpc) is 2.70. The standard InChI is InChI=1S/C21H35N5O.HI/c1-16-8-5-6-13-26(16)17(2)15-25-21(23-4)24-12-11-18-9-7-10-19(14-18)20(27)22-3;/h7,9-10,14,16-17H,5-6,8,11-13,15H2,1-4H3,(H,22,27)(H2,23,24,25);1H. The Morgan fingerprint density at radius 3 is 2.79 bits per heavy atom. The minimum atomic E-state index is -0.0526. The molecule has 0 radical (unpaired) electrons. The zero-order chi connectivity index (χ0) is 19.6. The lowest BCUT2D eigenvalue weighted by atomic mass is 10.0. The van der Waals surface area contributed by atoms with E-state index in [1.54, 1.807) is 14.1 Å². The Morgan fingerprint density at radius 2 is 2.11 bits per heavy atom. The molecule has 1 saturated heterocycles. The predicted molar refractivity (Wildman–Crippen MR) is 128 cm³/mol. The average molecular weight is 501 g/mol. The molecule has 0 aromatic heterocycles. The fraction of sp³-hybridized carbons (Fsp3) is 0.619. The molecule has 28 heavy (non-hydrogen) atoms. The van der Waals surface area contributed by atoms with Crippen molar-refractivity contribution in [1.82, 2.24) is 20.9 Å². The van der Waals surface area contributed by atoms with Crippen LogP contribution >= 0.6 is 24.0 Å². The first-order chi connectivity index (χ1) is 13.0. The van der Waals surface area contributed by atoms with Crippen molar-refractivity contribution in [3.05, 3.63) is 35.4 Å². The van der Waals surface area contributed by atoms with Crippen molar-refractivity contribution in [2.45, 2.75) is 51.6 Å². The van der Waals surface area contributed by atoms with E-state index in [2.05, 4.69) is 39.7 Å². The monoisotopic (exact) mass is 501 g/mol. The maximum atomic E-state index is 11.7. The van der Waals surface area contributed by atoms with E-state index in [9.17, 15) is 4.79 Å². The molecule has 2 atom stereocenters. The highest BCUT2D eigenvalue weighted by Crippen LogP contribution is 2.18. The quantitative estimate of drug-likeness (QED) is 0.305. The number of piperidine rings is 1. The van der Waals surface area contributed by atoms with Gasteiger partial charge < -0.3 is 16.0 Å². The molecule has 1 heterocycles. The van der Waals surface area contributed by atoms with Crippen molar-refractivity contribution in [1.29, 1.82) is 0 Å². The summed E-state index contributed by atoms with van der Waals surface area (Å²) in [7, 11) is 3.45. The third-order valence-electron chi connectivity index (χ3n) is 5.33. The minimum absolute atomic E-state index is 0. The summed E-state index contributed by atoms with van der Waals surface area (Å²) in [6, 6.07) is 8.90. The molecule has 0 bridgehead atoms. The number of likely N-dealkylation sites (tertiary alicyclic amines) is 1. The van der Waals surface area contributed by atoms with Gasteiger partial charge in [-0.2, -0.15) is 0 Å². The number of carbonyl (C=O) groups is 1. The maximum absolute atomic E-state index is 11.7. The van der Waals surface area contributed by atoms with Crippen molar-refractivity contribution in [3.63, 3.8) is 0 Å². The summed E-state index contributed by atoms with van der Waals surface area (Å²) < 4.78 is 0. The molecule has 1 amide bonds. The summed E-state index contributed by atoms with van der Waals surface area (Å²) >= 11 is 0. The summed E-state index contributed by atoms with van der Waals surface area (Å²) in [5, 5.41) is 9.48. The molecule has 6 nitrogen and oxygen atoms in total. The number of hydrogen-bond donors (Lipinski definition) is 3. The molecule has 158 valence electrons. The summed E-state index contributed by atoms with van der Waals surface area (Å²) in [4.78, 5) is 18.7. The van der Waals surface area contributed by atoms with Gasteiger partial charge in [0.25, 0.3) is 5.91 Å². The van der Waals surface area contributed by atoms with E-state index in [1.807, 2.05) is 24.3 Å². The highest BCUT2D eigenvalue weighted by Gasteiger charge is 2.22. The molecule has 0 spiro atoms. The van der Waals surface area contributed by atoms with Crippen LogP contribution in [0.2, 0.25) is 0 Å². The van der Waals surface area contributed by atoms with E-state index in [0.29, 0.717) is 17.6 Å². The maximum Gasteiger partial charge on any atom is 0.251 e. The van der Waals surface area contributed by atoms with Crippen LogP contribution in [0.4, 0.5) is 0 Å². The topological polar surface area (TPSA) is 68.8 Å². The lowest BCUT2D eigenvalue weighted by molar-refractivity contribution is 0.0963. The fourth-order valence-corrected chi connectivity index (χ4v) is 3.70. The van der Waals surface area contributed by atoms with Crippen molar-refractivity contribution in [2.24, 2.45) is 4.99 Å². The van der Waals surface area contributed by atoms with Gasteiger partial charge >= 0.3 is 0 Å². The van der Waals surface area contributed by atoms with Crippen molar-refractivity contribution in [3.8, 4) is 0 Å². The van der Waals surface area contributed by atoms with Gasteiger partial charge in [0.2, 0.25) is 0 Å². The van der Waals surface area contributed by atoms with E-state index < -0.39 is 0 Å². The number of amides is 1. The zero-order valence-electron chi connectivity index (χ0n) is 17.6. The SMILES string of the molecule is CN=C(NCCc1cccc(C(=O)NC)c1)NCC(C)N1CCCCC1C.I. The minimum Gasteiger partial charge on any atom is -0.356 e. The Labute approximate surface area is 187 Å². The molecule has 1 aromatic carbocycles. The van der Waals surface area contributed by atoms with Gasteiger partial charge in [0.05, 0.1) is 0 Å². The first kappa shape index (κ1) is 24.7. The molecule has 1 aromatic rings. The van der Waals surface area contributed by atoms with Gasteiger partial charge in [0.1, 0.15) is 0 Å². The molecule has 1 fully saturated rings. The first-order valence-corrected chi connectivity index (χ1v) is 10.1. The summed E-state index contributed by atoms with van der Waals surface area (Å²) in [6.07, 6.45) is 4.79. The predicted octanol–water partition coefficient (Wildman–Crippen LogP) is 2.63. The third kappa shape index (κ3) is 7.58. The van der Waals surface area contributed by atoms with Crippen LogP contribution in [-0.2, 0) is 6.42 Å². The smallest absolute Gasteiger partial charge is 0.251 e. The van der Waals surface area contributed by atoms with Crippen LogP contribution < -0.4 is 16.0 Å². The second-order valence-electron chi connectivity index (χ2n) is 7.34. The molecule has 3 N–H and O–H groups in total. The largest absolute Gasteiger partial charge is 0.356 e. The van der Waals surface area contributed by atoms with Gasteiger partial charge in [-0.25, -0.2) is 0 Å². The second-order valence-corrected chi connectivity index (χ2v) is 7.34. The normalized spacial score (nSPS) is 18.7. The number of rotatable bonds is 7. The van der Waals surface area contributed by atoms with Crippen LogP contribution in [0.5, 0.6) is 0 Å². The second kappa shape index (κ2) is 13.0. The number of carbonyl (C=O) groups excluding carboxylic acids is 1. The number of nitrogens with one attached hydrogen (secondary N) is 3. The van der Waals surface area contributed by atoms with Crippen molar-refractivity contribution in [2.75, 3.05) is 33.7 Å². The van der Waals surface area contributed by atoms with E-state index in [4.69, 9.17) is 0 Å². The summed E-state index contributed by atoms with van der Waals surface area (Å²) in [6.45, 7) is 7.46. The Kier molecular flexibility index (Phi) is 11.4. The number of halogens is 1. The Hall–Kier alpha value is -1.35. The molecule has 2 unspecified atom stereocenters. The zero-order valence-corrected chi connectivity index (χ0v) is 20.0. The van der Waals surface area contributed by atoms with Crippen molar-refractivity contribution < 1.29 is 4.79 Å². The van der Waals surface area contributed by atoms with Gasteiger partial charge in [0.15, 0.2) is 5.96 Å². The van der Waals surface area contributed by atoms with Gasteiger partial charge in [-0.1, -0.05) is 18.6 Å². The molecule has 0 aliphatic carbocycles. The Bertz CT molecular complexity index is 637. The number of benzene rings is 1. The fourth-order valence-electron chi connectivity index (χ4n) is 3.70. The van der Waals surface area contributed by atoms with Gasteiger partial charge in [-0.3, -0.25) is 14.7 Å². The Morgan fingerprint density at radius 1 is 1.32 bits per heavy atom. The van der Waals surface area contributed by atoms with Crippen LogP contribution in [0, 0.1) is 0 Å². The van der Waals surface area contributed by atoms with E-state index in [-0.39, 0.29) is 29.9 Å². The molecule has 7 heteroatoms. The molecular weight excluding hydrogens is 465 g/mol. The van der Waals surface area contributed by atoms with Gasteiger partial charge in [-0.05, 0) is 57.4 Å². The number of nitrogens with zero attached hydrogens (tertiary/aromatic N) is 2. The number of aliphatic imine (C=N–C) groups is 1. The van der Waals surface area contributed by atoms with Crippen LogP contribution in [0.25, 0.3) is 0 Å². The van der Waals surface area contributed by atoms with E-state index in [1.165, 1.54) is 25.8 Å². The molecule has 1 aliphatic rings. The summed E-state index contributed by atoms with van der Waals surface area (Å²) in [5.74, 6) is 0.775. The van der Waals surface area contributed by atoms with E-state index >= 15 is 0 Å². The number of hydrogen-bond acceptors (Lipinski definition) is 3. The number of guanidine groups is 1. The van der Waals surface area contributed by atoms with Crippen LogP contribution in [0.3, 0.4) is 0 Å². The van der Waals surface area contributed by atoms with Crippen LogP contribution in [-0.4, -0.2) is 62.6 Å². The summed E-state index contributed by atoms with van der Waals surface area (Å²) in [5.41, 5.74) is 1.83. The van der Waals surface area contributed by atoms with Crippen molar-refractivity contribution >= 4 is 35.8 Å². The molecule has 2 rings (SSSR count). The highest BCUT2D eigenvalue weighted by atomic mass is 127. The lowest BCUT2D eigenvalue weighted by Gasteiger charge is -2.38. The first-order valence-electron chi connectivity index (χ1n) is 10.1. The Balaban J connectivity index is 0.00000392. The highest BCUT2D eigenvalue weighted by molar-refractivity contribution is 14.0. The van der Waals surface area contributed by atoms with Crippen LogP contribution in [0.15, 0.2) is 29.3 Å². The van der Waals surface area contributed by atoms with Gasteiger partial charge in [-0.15, -0.1) is 24.0 Å². The molecule has 1 aliphatic heterocycles. The lowest BCUT2D eigenvalue weighted by Crippen LogP contribution is -2.50. The third-order valence-corrected chi connectivity index (χ3v) is 5.33. The molecule has 0 saturated carbocycles. The van der Waals surface area contributed by atoms with Gasteiger partial charge in [0, 0.05) is 44.8 Å². The molecular formula is C21H36IN5O. The van der Waals surface area contributed by atoms with E-state index in [0.717, 1.165) is 31.0 Å². The van der Waals surface area contributed by atoms with Crippen LogP contribution in [0.1, 0.15) is 49.0 Å².